The van der Waals surface area contributed by atoms with Gasteiger partial charge < -0.3 is 10.1 Å². The first-order valence-electron chi connectivity index (χ1n) is 7.63. The van der Waals surface area contributed by atoms with Gasteiger partial charge in [-0.15, -0.1) is 0 Å². The molecule has 0 aromatic heterocycles. The van der Waals surface area contributed by atoms with Crippen LogP contribution in [0.2, 0.25) is 0 Å². The monoisotopic (exact) mass is 306 g/mol. The van der Waals surface area contributed by atoms with Crippen molar-refractivity contribution in [1.82, 2.24) is 9.62 Å². The number of piperidine rings is 1. The van der Waals surface area contributed by atoms with Crippen molar-refractivity contribution in [3.05, 3.63) is 0 Å². The Labute approximate surface area is 124 Å². The molecule has 1 heterocycles. The van der Waals surface area contributed by atoms with Gasteiger partial charge in [0.2, 0.25) is 10.0 Å². The second-order valence-electron chi connectivity index (χ2n) is 6.13. The molecular formula is C14H30N2O3S. The van der Waals surface area contributed by atoms with E-state index in [1.807, 2.05) is 0 Å². The molecule has 0 amide bonds. The van der Waals surface area contributed by atoms with E-state index in [2.05, 4.69) is 19.2 Å². The van der Waals surface area contributed by atoms with Gasteiger partial charge in [-0.25, -0.2) is 12.7 Å². The van der Waals surface area contributed by atoms with Crippen LogP contribution in [-0.4, -0.2) is 58.4 Å². The lowest BCUT2D eigenvalue weighted by atomic mass is 10.00. The summed E-state index contributed by atoms with van der Waals surface area (Å²) in [6.07, 6.45) is 4.47. The fourth-order valence-corrected chi connectivity index (χ4v) is 3.31. The first kappa shape index (κ1) is 17.9. The number of ether oxygens (including phenoxy) is 1. The van der Waals surface area contributed by atoms with Crippen molar-refractivity contribution in [2.24, 2.45) is 11.8 Å². The van der Waals surface area contributed by atoms with E-state index in [4.69, 9.17) is 4.74 Å². The number of rotatable bonds is 9. The second kappa shape index (κ2) is 8.97. The van der Waals surface area contributed by atoms with E-state index in [1.54, 1.807) is 4.31 Å². The summed E-state index contributed by atoms with van der Waals surface area (Å²) in [5, 5.41) is 3.37. The zero-order valence-electron chi connectivity index (χ0n) is 13.1. The molecule has 1 saturated heterocycles. The fourth-order valence-electron chi connectivity index (χ4n) is 2.37. The summed E-state index contributed by atoms with van der Waals surface area (Å²) in [5.41, 5.74) is 0. The highest BCUT2D eigenvalue weighted by molar-refractivity contribution is 7.88. The minimum atomic E-state index is -3.03. The van der Waals surface area contributed by atoms with Crippen LogP contribution in [0.5, 0.6) is 0 Å². The van der Waals surface area contributed by atoms with E-state index < -0.39 is 10.0 Å². The molecule has 0 aromatic carbocycles. The van der Waals surface area contributed by atoms with Crippen LogP contribution in [0.25, 0.3) is 0 Å². The molecule has 5 nitrogen and oxygen atoms in total. The third kappa shape index (κ3) is 7.57. The quantitative estimate of drug-likeness (QED) is 0.653. The zero-order valence-corrected chi connectivity index (χ0v) is 13.9. The summed E-state index contributed by atoms with van der Waals surface area (Å²) in [7, 11) is -3.03. The summed E-state index contributed by atoms with van der Waals surface area (Å²) in [4.78, 5) is 0. The summed E-state index contributed by atoms with van der Waals surface area (Å²) in [6, 6.07) is 0. The van der Waals surface area contributed by atoms with E-state index >= 15 is 0 Å². The van der Waals surface area contributed by atoms with E-state index in [0.29, 0.717) is 24.9 Å². The molecule has 0 saturated carbocycles. The molecule has 0 radical (unpaired) electrons. The van der Waals surface area contributed by atoms with Crippen LogP contribution in [0.3, 0.4) is 0 Å². The van der Waals surface area contributed by atoms with Gasteiger partial charge in [-0.3, -0.25) is 0 Å². The third-order valence-electron chi connectivity index (χ3n) is 3.65. The predicted octanol–water partition coefficient (Wildman–Crippen LogP) is 1.31. The number of nitrogens with zero attached hydrogens (tertiary/aromatic N) is 1. The molecule has 20 heavy (non-hydrogen) atoms. The van der Waals surface area contributed by atoms with Gasteiger partial charge in [-0.1, -0.05) is 13.8 Å². The molecule has 6 heteroatoms. The Morgan fingerprint density at radius 3 is 2.75 bits per heavy atom. The normalized spacial score (nSPS) is 21.5. The standard InChI is InChI=1S/C14H30N2O3S/c1-13(2)6-9-19-10-7-15-11-14-5-4-8-16(12-14)20(3,17)18/h13-15H,4-12H2,1-3H3. The average Bonchev–Trinajstić information content (AvgIpc) is 2.36. The fraction of sp³-hybridized carbons (Fsp3) is 1.00. The van der Waals surface area contributed by atoms with Gasteiger partial charge in [0.15, 0.2) is 0 Å². The molecule has 0 aromatic rings. The van der Waals surface area contributed by atoms with Crippen molar-refractivity contribution in [2.45, 2.75) is 33.1 Å². The molecular weight excluding hydrogens is 276 g/mol. The molecule has 0 spiro atoms. The van der Waals surface area contributed by atoms with Gasteiger partial charge in [-0.2, -0.15) is 0 Å². The zero-order chi connectivity index (χ0) is 15.0. The lowest BCUT2D eigenvalue weighted by molar-refractivity contribution is 0.123. The molecule has 1 aliphatic heterocycles. The smallest absolute Gasteiger partial charge is 0.211 e. The lowest BCUT2D eigenvalue weighted by Crippen LogP contribution is -2.42. The van der Waals surface area contributed by atoms with Crippen molar-refractivity contribution in [3.63, 3.8) is 0 Å². The van der Waals surface area contributed by atoms with Crippen LogP contribution in [-0.2, 0) is 14.8 Å². The van der Waals surface area contributed by atoms with E-state index in [1.165, 1.54) is 6.26 Å². The Kier molecular flexibility index (Phi) is 8.02. The van der Waals surface area contributed by atoms with Crippen molar-refractivity contribution in [3.8, 4) is 0 Å². The van der Waals surface area contributed by atoms with Crippen LogP contribution in [0, 0.1) is 11.8 Å². The van der Waals surface area contributed by atoms with Gasteiger partial charge in [0.1, 0.15) is 0 Å². The molecule has 1 rings (SSSR count). The summed E-state index contributed by atoms with van der Waals surface area (Å²) < 4.78 is 30.2. The molecule has 0 bridgehead atoms. The minimum Gasteiger partial charge on any atom is -0.380 e. The van der Waals surface area contributed by atoms with Crippen LogP contribution in [0.15, 0.2) is 0 Å². The Bertz CT molecular complexity index is 357. The molecule has 1 aliphatic rings. The number of hydrogen-bond acceptors (Lipinski definition) is 4. The second-order valence-corrected chi connectivity index (χ2v) is 8.11. The van der Waals surface area contributed by atoms with E-state index in [0.717, 1.165) is 45.6 Å². The van der Waals surface area contributed by atoms with Gasteiger partial charge in [0.25, 0.3) is 0 Å². The first-order valence-corrected chi connectivity index (χ1v) is 9.48. The molecule has 1 N–H and O–H groups in total. The highest BCUT2D eigenvalue weighted by Crippen LogP contribution is 2.17. The maximum atomic E-state index is 11.5. The largest absolute Gasteiger partial charge is 0.380 e. The number of sulfonamides is 1. The predicted molar refractivity (Wildman–Crippen MR) is 82.3 cm³/mol. The van der Waals surface area contributed by atoms with Gasteiger partial charge in [0, 0.05) is 26.2 Å². The van der Waals surface area contributed by atoms with Gasteiger partial charge in [0.05, 0.1) is 12.9 Å². The van der Waals surface area contributed by atoms with Crippen molar-refractivity contribution < 1.29 is 13.2 Å². The topological polar surface area (TPSA) is 58.6 Å². The number of nitrogens with one attached hydrogen (secondary N) is 1. The molecule has 1 fully saturated rings. The summed E-state index contributed by atoms with van der Waals surface area (Å²) >= 11 is 0. The molecule has 0 aliphatic carbocycles. The van der Waals surface area contributed by atoms with Gasteiger partial charge in [-0.05, 0) is 37.6 Å². The average molecular weight is 306 g/mol. The minimum absolute atomic E-state index is 0.425. The van der Waals surface area contributed by atoms with Crippen molar-refractivity contribution in [2.75, 3.05) is 45.6 Å². The van der Waals surface area contributed by atoms with Gasteiger partial charge >= 0.3 is 0 Å². The van der Waals surface area contributed by atoms with Crippen LogP contribution in [0.4, 0.5) is 0 Å². The maximum absolute atomic E-state index is 11.5. The Balaban J connectivity index is 2.07. The van der Waals surface area contributed by atoms with Crippen molar-refractivity contribution >= 4 is 10.0 Å². The number of hydrogen-bond donors (Lipinski definition) is 1. The first-order chi connectivity index (χ1) is 9.39. The Hall–Kier alpha value is -0.170. The molecule has 1 unspecified atom stereocenters. The third-order valence-corrected chi connectivity index (χ3v) is 4.92. The Morgan fingerprint density at radius 2 is 2.10 bits per heavy atom. The highest BCUT2D eigenvalue weighted by atomic mass is 32.2. The SMILES string of the molecule is CC(C)CCOCCNCC1CCCN(S(C)(=O)=O)C1. The van der Waals surface area contributed by atoms with E-state index in [-0.39, 0.29) is 0 Å². The Morgan fingerprint density at radius 1 is 1.35 bits per heavy atom. The van der Waals surface area contributed by atoms with Crippen LogP contribution >= 0.6 is 0 Å². The van der Waals surface area contributed by atoms with E-state index in [9.17, 15) is 8.42 Å². The maximum Gasteiger partial charge on any atom is 0.211 e. The highest BCUT2D eigenvalue weighted by Gasteiger charge is 2.25. The van der Waals surface area contributed by atoms with Crippen LogP contribution in [0.1, 0.15) is 33.1 Å². The van der Waals surface area contributed by atoms with Crippen LogP contribution < -0.4 is 5.32 Å². The summed E-state index contributed by atoms with van der Waals surface area (Å²) in [5.74, 6) is 1.11. The molecule has 120 valence electrons. The molecule has 1 atom stereocenters. The summed E-state index contributed by atoms with van der Waals surface area (Å²) in [6.45, 7) is 8.98. The van der Waals surface area contributed by atoms with Crippen molar-refractivity contribution in [1.29, 1.82) is 0 Å². The lowest BCUT2D eigenvalue weighted by Gasteiger charge is -2.31.